The number of nitrogens with two attached hydrogens (primary N) is 1. The molecule has 5 nitrogen and oxygen atoms in total. The van der Waals surface area contributed by atoms with Gasteiger partial charge in [-0.15, -0.1) is 0 Å². The maximum absolute atomic E-state index is 11.8. The van der Waals surface area contributed by atoms with E-state index in [1.165, 1.54) is 0 Å². The van der Waals surface area contributed by atoms with E-state index in [1.54, 1.807) is 19.1 Å². The molecule has 0 saturated heterocycles. The molecule has 0 heterocycles. The standard InChI is InChI=1S/C14H21N3O2/c1-4-11(15)14(19)17-12-8-10(7-6-9(12)3)16-13(18)5-2/h6-8,11H,4-5,15H2,1-3H3,(H,16,18)(H,17,19)/t11-/m0/s1. The van der Waals surface area contributed by atoms with Gasteiger partial charge in [-0.05, 0) is 31.0 Å². The van der Waals surface area contributed by atoms with Crippen LogP contribution in [0.2, 0.25) is 0 Å². The van der Waals surface area contributed by atoms with Crippen LogP contribution in [0.5, 0.6) is 0 Å². The molecule has 1 aromatic carbocycles. The van der Waals surface area contributed by atoms with Gasteiger partial charge >= 0.3 is 0 Å². The summed E-state index contributed by atoms with van der Waals surface area (Å²) < 4.78 is 0. The van der Waals surface area contributed by atoms with Crippen molar-refractivity contribution in [1.82, 2.24) is 0 Å². The molecule has 0 bridgehead atoms. The minimum Gasteiger partial charge on any atom is -0.326 e. The van der Waals surface area contributed by atoms with Crippen molar-refractivity contribution in [2.24, 2.45) is 5.73 Å². The molecule has 0 aliphatic rings. The Morgan fingerprint density at radius 2 is 1.95 bits per heavy atom. The number of rotatable bonds is 5. The van der Waals surface area contributed by atoms with Crippen molar-refractivity contribution >= 4 is 23.2 Å². The number of nitrogens with one attached hydrogen (secondary N) is 2. The van der Waals surface area contributed by atoms with Crippen molar-refractivity contribution in [2.45, 2.75) is 39.7 Å². The van der Waals surface area contributed by atoms with Gasteiger partial charge in [-0.2, -0.15) is 0 Å². The van der Waals surface area contributed by atoms with Crippen molar-refractivity contribution in [3.63, 3.8) is 0 Å². The number of carbonyl (C=O) groups is 2. The molecule has 4 N–H and O–H groups in total. The van der Waals surface area contributed by atoms with Crippen LogP contribution in [0.1, 0.15) is 32.3 Å². The Kier molecular flexibility index (Phi) is 5.51. The van der Waals surface area contributed by atoms with Crippen LogP contribution in [0.4, 0.5) is 11.4 Å². The Morgan fingerprint density at radius 1 is 1.26 bits per heavy atom. The minimum absolute atomic E-state index is 0.0635. The van der Waals surface area contributed by atoms with E-state index < -0.39 is 6.04 Å². The molecule has 0 spiro atoms. The Labute approximate surface area is 113 Å². The van der Waals surface area contributed by atoms with E-state index in [-0.39, 0.29) is 11.8 Å². The Balaban J connectivity index is 2.85. The summed E-state index contributed by atoms with van der Waals surface area (Å²) in [6, 6.07) is 4.87. The van der Waals surface area contributed by atoms with Gasteiger partial charge in [0.25, 0.3) is 0 Å². The summed E-state index contributed by atoms with van der Waals surface area (Å²) in [4.78, 5) is 23.1. The van der Waals surface area contributed by atoms with Crippen LogP contribution in [0, 0.1) is 6.92 Å². The highest BCUT2D eigenvalue weighted by atomic mass is 16.2. The zero-order valence-electron chi connectivity index (χ0n) is 11.6. The molecule has 2 amide bonds. The number of aryl methyl sites for hydroxylation is 1. The van der Waals surface area contributed by atoms with E-state index in [0.717, 1.165) is 5.56 Å². The smallest absolute Gasteiger partial charge is 0.241 e. The third kappa shape index (κ3) is 4.37. The van der Waals surface area contributed by atoms with Crippen molar-refractivity contribution in [3.05, 3.63) is 23.8 Å². The Bertz CT molecular complexity index is 472. The zero-order valence-corrected chi connectivity index (χ0v) is 11.6. The molecule has 0 aliphatic carbocycles. The van der Waals surface area contributed by atoms with Crippen LogP contribution in [-0.4, -0.2) is 17.9 Å². The zero-order chi connectivity index (χ0) is 14.4. The van der Waals surface area contributed by atoms with Crippen LogP contribution < -0.4 is 16.4 Å². The average molecular weight is 263 g/mol. The highest BCUT2D eigenvalue weighted by molar-refractivity contribution is 5.97. The van der Waals surface area contributed by atoms with E-state index in [2.05, 4.69) is 10.6 Å². The Morgan fingerprint density at radius 3 is 2.53 bits per heavy atom. The molecule has 1 aromatic rings. The SMILES string of the molecule is CCC(=O)Nc1ccc(C)c(NC(=O)[C@@H](N)CC)c1. The molecular weight excluding hydrogens is 242 g/mol. The molecule has 5 heteroatoms. The number of hydrogen-bond donors (Lipinski definition) is 3. The highest BCUT2D eigenvalue weighted by Gasteiger charge is 2.12. The molecule has 1 rings (SSSR count). The molecule has 0 aromatic heterocycles. The number of anilines is 2. The van der Waals surface area contributed by atoms with E-state index in [1.807, 2.05) is 19.9 Å². The molecule has 19 heavy (non-hydrogen) atoms. The highest BCUT2D eigenvalue weighted by Crippen LogP contribution is 2.20. The molecule has 0 radical (unpaired) electrons. The van der Waals surface area contributed by atoms with Gasteiger partial charge in [0, 0.05) is 17.8 Å². The maximum atomic E-state index is 11.8. The third-order valence-corrected chi connectivity index (χ3v) is 2.88. The maximum Gasteiger partial charge on any atom is 0.241 e. The summed E-state index contributed by atoms with van der Waals surface area (Å²) >= 11 is 0. The van der Waals surface area contributed by atoms with Gasteiger partial charge in [0.1, 0.15) is 0 Å². The topological polar surface area (TPSA) is 84.2 Å². The van der Waals surface area contributed by atoms with Gasteiger partial charge < -0.3 is 16.4 Å². The van der Waals surface area contributed by atoms with Crippen molar-refractivity contribution in [3.8, 4) is 0 Å². The van der Waals surface area contributed by atoms with Crippen molar-refractivity contribution in [2.75, 3.05) is 10.6 Å². The fraction of sp³-hybridized carbons (Fsp3) is 0.429. The van der Waals surface area contributed by atoms with E-state index >= 15 is 0 Å². The molecule has 0 aliphatic heterocycles. The summed E-state index contributed by atoms with van der Waals surface area (Å²) in [5.74, 6) is -0.282. The van der Waals surface area contributed by atoms with Crippen LogP contribution in [-0.2, 0) is 9.59 Å². The lowest BCUT2D eigenvalue weighted by molar-refractivity contribution is -0.117. The summed E-state index contributed by atoms with van der Waals surface area (Å²) in [5, 5.41) is 5.53. The van der Waals surface area contributed by atoms with Gasteiger partial charge in [-0.3, -0.25) is 9.59 Å². The monoisotopic (exact) mass is 263 g/mol. The van der Waals surface area contributed by atoms with Crippen molar-refractivity contribution < 1.29 is 9.59 Å². The molecule has 0 unspecified atom stereocenters. The van der Waals surface area contributed by atoms with Gasteiger partial charge in [0.05, 0.1) is 6.04 Å². The summed E-state index contributed by atoms with van der Waals surface area (Å²) in [5.41, 5.74) is 7.93. The predicted molar refractivity (Wildman–Crippen MR) is 77.0 cm³/mol. The normalized spacial score (nSPS) is 11.8. The first-order valence-electron chi connectivity index (χ1n) is 6.44. The first-order chi connectivity index (χ1) is 8.97. The van der Waals surface area contributed by atoms with Gasteiger partial charge in [0.2, 0.25) is 11.8 Å². The molecule has 104 valence electrons. The lowest BCUT2D eigenvalue weighted by Crippen LogP contribution is -2.35. The van der Waals surface area contributed by atoms with Crippen molar-refractivity contribution in [1.29, 1.82) is 0 Å². The van der Waals surface area contributed by atoms with Gasteiger partial charge in [-0.25, -0.2) is 0 Å². The summed E-state index contributed by atoms with van der Waals surface area (Å²) in [6.07, 6.45) is 0.993. The third-order valence-electron chi connectivity index (χ3n) is 2.88. The van der Waals surface area contributed by atoms with Crippen LogP contribution in [0.3, 0.4) is 0 Å². The number of amides is 2. The van der Waals surface area contributed by atoms with Crippen LogP contribution >= 0.6 is 0 Å². The summed E-state index contributed by atoms with van der Waals surface area (Å²) in [7, 11) is 0. The minimum atomic E-state index is -0.520. The molecule has 0 fully saturated rings. The quantitative estimate of drug-likeness (QED) is 0.759. The van der Waals surface area contributed by atoms with E-state index in [0.29, 0.717) is 24.2 Å². The summed E-state index contributed by atoms with van der Waals surface area (Å²) in [6.45, 7) is 5.53. The van der Waals surface area contributed by atoms with Crippen LogP contribution in [0.15, 0.2) is 18.2 Å². The van der Waals surface area contributed by atoms with Gasteiger partial charge in [-0.1, -0.05) is 19.9 Å². The first kappa shape index (κ1) is 15.2. The second-order valence-corrected chi connectivity index (χ2v) is 4.44. The predicted octanol–water partition coefficient (Wildman–Crippen LogP) is 2.02. The average Bonchev–Trinajstić information content (AvgIpc) is 2.41. The second-order valence-electron chi connectivity index (χ2n) is 4.44. The molecule has 1 atom stereocenters. The fourth-order valence-electron chi connectivity index (χ4n) is 1.49. The first-order valence-corrected chi connectivity index (χ1v) is 6.44. The molecule has 0 saturated carbocycles. The van der Waals surface area contributed by atoms with E-state index in [9.17, 15) is 9.59 Å². The largest absolute Gasteiger partial charge is 0.326 e. The van der Waals surface area contributed by atoms with Crippen LogP contribution in [0.25, 0.3) is 0 Å². The number of hydrogen-bond acceptors (Lipinski definition) is 3. The molecular formula is C14H21N3O2. The fourth-order valence-corrected chi connectivity index (χ4v) is 1.49. The lowest BCUT2D eigenvalue weighted by Gasteiger charge is -2.13. The Hall–Kier alpha value is -1.88. The van der Waals surface area contributed by atoms with Gasteiger partial charge in [0.15, 0.2) is 0 Å². The number of benzene rings is 1. The second kappa shape index (κ2) is 6.89. The lowest BCUT2D eigenvalue weighted by atomic mass is 10.1. The van der Waals surface area contributed by atoms with E-state index in [4.69, 9.17) is 5.73 Å². The number of carbonyl (C=O) groups excluding carboxylic acids is 2.